The molecule has 0 aliphatic carbocycles. The lowest BCUT2D eigenvalue weighted by molar-refractivity contribution is -0.129. The molecule has 0 bridgehead atoms. The van der Waals surface area contributed by atoms with E-state index >= 15 is 0 Å². The summed E-state index contributed by atoms with van der Waals surface area (Å²) in [5, 5.41) is 0.665. The molecule has 1 heterocycles. The highest BCUT2D eigenvalue weighted by Gasteiger charge is 2.30. The fraction of sp³-hybridized carbons (Fsp3) is 0.269. The molecule has 184 valence electrons. The third-order valence-corrected chi connectivity index (χ3v) is 8.09. The first kappa shape index (κ1) is 24.9. The van der Waals surface area contributed by atoms with E-state index in [1.807, 2.05) is 30.3 Å². The molecular formula is C26H28ClN3O4S. The van der Waals surface area contributed by atoms with Crippen LogP contribution in [0, 0.1) is 6.92 Å². The molecular weight excluding hydrogens is 486 g/mol. The van der Waals surface area contributed by atoms with E-state index < -0.39 is 10.0 Å². The number of nitrogens with zero attached hydrogens (tertiary/aromatic N) is 3. The Morgan fingerprint density at radius 2 is 1.69 bits per heavy atom. The Balaban J connectivity index is 1.54. The molecule has 9 heteroatoms. The van der Waals surface area contributed by atoms with Gasteiger partial charge in [-0.15, -0.1) is 0 Å². The SMILES string of the molecule is COc1ccc(S(=O)(=O)N(CC(=O)N2CCN(c3cccc(Cl)c3)CC2)c2ccccc2)cc1C. The minimum absolute atomic E-state index is 0.109. The van der Waals surface area contributed by atoms with E-state index in [0.717, 1.165) is 5.69 Å². The first-order valence-corrected chi connectivity index (χ1v) is 13.1. The number of ether oxygens (including phenoxy) is 1. The van der Waals surface area contributed by atoms with Gasteiger partial charge in [-0.05, 0) is 61.0 Å². The van der Waals surface area contributed by atoms with Gasteiger partial charge in [0.15, 0.2) is 0 Å². The molecule has 0 N–H and O–H groups in total. The summed E-state index contributed by atoms with van der Waals surface area (Å²) in [5.41, 5.74) is 2.14. The number of hydrogen-bond donors (Lipinski definition) is 0. The van der Waals surface area contributed by atoms with Crippen LogP contribution in [-0.2, 0) is 14.8 Å². The van der Waals surface area contributed by atoms with Crippen molar-refractivity contribution < 1.29 is 17.9 Å². The van der Waals surface area contributed by atoms with Gasteiger partial charge in [0.25, 0.3) is 10.0 Å². The van der Waals surface area contributed by atoms with Crippen LogP contribution in [0.15, 0.2) is 77.7 Å². The van der Waals surface area contributed by atoms with Gasteiger partial charge in [-0.25, -0.2) is 8.42 Å². The van der Waals surface area contributed by atoms with Gasteiger partial charge in [0, 0.05) is 36.9 Å². The summed E-state index contributed by atoms with van der Waals surface area (Å²) in [7, 11) is -2.45. The minimum atomic E-state index is -3.99. The van der Waals surface area contributed by atoms with Gasteiger partial charge in [0.05, 0.1) is 17.7 Å². The van der Waals surface area contributed by atoms with Gasteiger partial charge >= 0.3 is 0 Å². The van der Waals surface area contributed by atoms with Crippen LogP contribution in [0.25, 0.3) is 0 Å². The van der Waals surface area contributed by atoms with Crippen LogP contribution in [0.5, 0.6) is 5.75 Å². The molecule has 0 spiro atoms. The van der Waals surface area contributed by atoms with Gasteiger partial charge in [0.2, 0.25) is 5.91 Å². The molecule has 3 aromatic rings. The second kappa shape index (κ2) is 10.6. The lowest BCUT2D eigenvalue weighted by atomic mass is 10.2. The third kappa shape index (κ3) is 5.55. The standard InChI is InChI=1S/C26H28ClN3O4S/c1-20-17-24(11-12-25(20)34-2)35(32,33)30(22-8-4-3-5-9-22)19-26(31)29-15-13-28(14-16-29)23-10-6-7-21(27)18-23/h3-12,17-18H,13-16,19H2,1-2H3. The quantitative estimate of drug-likeness (QED) is 0.473. The highest BCUT2D eigenvalue weighted by molar-refractivity contribution is 7.92. The molecule has 3 aromatic carbocycles. The molecule has 1 saturated heterocycles. The zero-order chi connectivity index (χ0) is 25.0. The predicted molar refractivity (Wildman–Crippen MR) is 139 cm³/mol. The molecule has 35 heavy (non-hydrogen) atoms. The second-order valence-electron chi connectivity index (χ2n) is 8.33. The van der Waals surface area contributed by atoms with Crippen molar-refractivity contribution in [2.75, 3.05) is 49.0 Å². The van der Waals surface area contributed by atoms with Crippen molar-refractivity contribution in [2.24, 2.45) is 0 Å². The maximum atomic E-state index is 13.7. The number of hydrogen-bond acceptors (Lipinski definition) is 5. The number of anilines is 2. The maximum absolute atomic E-state index is 13.7. The Labute approximate surface area is 211 Å². The average Bonchev–Trinajstić information content (AvgIpc) is 2.87. The van der Waals surface area contributed by atoms with E-state index in [0.29, 0.717) is 48.2 Å². The fourth-order valence-electron chi connectivity index (χ4n) is 4.16. The summed E-state index contributed by atoms with van der Waals surface area (Å²) in [4.78, 5) is 17.3. The number of benzene rings is 3. The van der Waals surface area contributed by atoms with Crippen molar-refractivity contribution in [1.29, 1.82) is 0 Å². The molecule has 1 aliphatic rings. The number of amides is 1. The Bertz CT molecular complexity index is 1290. The van der Waals surface area contributed by atoms with E-state index in [1.54, 1.807) is 48.2 Å². The van der Waals surface area contributed by atoms with Gasteiger partial charge in [-0.3, -0.25) is 9.10 Å². The number of rotatable bonds is 7. The Morgan fingerprint density at radius 3 is 2.31 bits per heavy atom. The molecule has 0 unspecified atom stereocenters. The van der Waals surface area contributed by atoms with Gasteiger partial charge in [-0.1, -0.05) is 35.9 Å². The molecule has 4 rings (SSSR count). The van der Waals surface area contributed by atoms with E-state index in [1.165, 1.54) is 17.5 Å². The van der Waals surface area contributed by atoms with E-state index in [4.69, 9.17) is 16.3 Å². The smallest absolute Gasteiger partial charge is 0.264 e. The zero-order valence-electron chi connectivity index (χ0n) is 19.7. The van der Waals surface area contributed by atoms with Crippen molar-refractivity contribution in [2.45, 2.75) is 11.8 Å². The third-order valence-electron chi connectivity index (χ3n) is 6.08. The molecule has 7 nitrogen and oxygen atoms in total. The highest BCUT2D eigenvalue weighted by Crippen LogP contribution is 2.28. The van der Waals surface area contributed by atoms with Crippen molar-refractivity contribution in [1.82, 2.24) is 4.90 Å². The first-order chi connectivity index (χ1) is 16.8. The first-order valence-electron chi connectivity index (χ1n) is 11.3. The van der Waals surface area contributed by atoms with Crippen molar-refractivity contribution in [3.8, 4) is 5.75 Å². The van der Waals surface area contributed by atoms with E-state index in [-0.39, 0.29) is 17.3 Å². The molecule has 0 radical (unpaired) electrons. The molecule has 0 aromatic heterocycles. The number of carbonyl (C=O) groups is 1. The number of aryl methyl sites for hydroxylation is 1. The van der Waals surface area contributed by atoms with Crippen LogP contribution >= 0.6 is 11.6 Å². The lowest BCUT2D eigenvalue weighted by Gasteiger charge is -2.37. The minimum Gasteiger partial charge on any atom is -0.496 e. The highest BCUT2D eigenvalue weighted by atomic mass is 35.5. The molecule has 0 atom stereocenters. The van der Waals surface area contributed by atoms with Gasteiger partial charge < -0.3 is 14.5 Å². The normalized spacial score (nSPS) is 14.0. The Hall–Kier alpha value is -3.23. The van der Waals surface area contributed by atoms with Gasteiger partial charge in [0.1, 0.15) is 12.3 Å². The Kier molecular flexibility index (Phi) is 7.52. The van der Waals surface area contributed by atoms with Crippen molar-refractivity contribution in [3.63, 3.8) is 0 Å². The van der Waals surface area contributed by atoms with Crippen LogP contribution < -0.4 is 13.9 Å². The number of methoxy groups -OCH3 is 1. The van der Waals surface area contributed by atoms with Gasteiger partial charge in [-0.2, -0.15) is 0 Å². The summed E-state index contributed by atoms with van der Waals surface area (Å²) in [6.07, 6.45) is 0. The van der Waals surface area contributed by atoms with Crippen LogP contribution in [0.1, 0.15) is 5.56 Å². The van der Waals surface area contributed by atoms with E-state index in [2.05, 4.69) is 4.90 Å². The summed E-state index contributed by atoms with van der Waals surface area (Å²) in [6, 6.07) is 21.0. The summed E-state index contributed by atoms with van der Waals surface area (Å²) >= 11 is 6.12. The van der Waals surface area contributed by atoms with Crippen LogP contribution in [0.3, 0.4) is 0 Å². The number of para-hydroxylation sites is 1. The second-order valence-corrected chi connectivity index (χ2v) is 10.6. The maximum Gasteiger partial charge on any atom is 0.264 e. The van der Waals surface area contributed by atoms with Crippen LogP contribution in [0.2, 0.25) is 5.02 Å². The topological polar surface area (TPSA) is 70.2 Å². The fourth-order valence-corrected chi connectivity index (χ4v) is 5.84. The average molecular weight is 514 g/mol. The van der Waals surface area contributed by atoms with E-state index in [9.17, 15) is 13.2 Å². The van der Waals surface area contributed by atoms with Crippen LogP contribution in [-0.4, -0.2) is 59.1 Å². The Morgan fingerprint density at radius 1 is 0.971 bits per heavy atom. The summed E-state index contributed by atoms with van der Waals surface area (Å²) < 4.78 is 33.8. The molecule has 1 amide bonds. The summed E-state index contributed by atoms with van der Waals surface area (Å²) in [6.45, 7) is 3.78. The number of sulfonamides is 1. The number of carbonyl (C=O) groups excluding carboxylic acids is 1. The predicted octanol–water partition coefficient (Wildman–Crippen LogP) is 4.20. The molecule has 1 aliphatic heterocycles. The lowest BCUT2D eigenvalue weighted by Crippen LogP contribution is -2.52. The van der Waals surface area contributed by atoms with Crippen molar-refractivity contribution >= 4 is 38.9 Å². The number of piperazine rings is 1. The monoisotopic (exact) mass is 513 g/mol. The molecule has 1 fully saturated rings. The van der Waals surface area contributed by atoms with Crippen molar-refractivity contribution in [3.05, 3.63) is 83.4 Å². The zero-order valence-corrected chi connectivity index (χ0v) is 21.3. The molecule has 0 saturated carbocycles. The largest absolute Gasteiger partial charge is 0.496 e. The summed E-state index contributed by atoms with van der Waals surface area (Å²) in [5.74, 6) is 0.359. The van der Waals surface area contributed by atoms with Crippen LogP contribution in [0.4, 0.5) is 11.4 Å². The number of halogens is 1.